The van der Waals surface area contributed by atoms with Gasteiger partial charge in [-0.25, -0.2) is 4.98 Å². The van der Waals surface area contributed by atoms with Gasteiger partial charge in [0.1, 0.15) is 5.82 Å². The smallest absolute Gasteiger partial charge is 0.145 e. The number of nitrogens with zero attached hydrogens (tertiary/aromatic N) is 2. The molecule has 0 radical (unpaired) electrons. The van der Waals surface area contributed by atoms with Crippen molar-refractivity contribution in [3.63, 3.8) is 0 Å². The minimum absolute atomic E-state index is 0.914. The topological polar surface area (TPSA) is 17.8 Å². The molecule has 0 unspecified atom stereocenters. The predicted octanol–water partition coefficient (Wildman–Crippen LogP) is 19.1. The van der Waals surface area contributed by atoms with Crippen LogP contribution in [0.15, 0.2) is 280 Å². The summed E-state index contributed by atoms with van der Waals surface area (Å²) in [6, 6.07) is 90.4. The lowest BCUT2D eigenvalue weighted by Gasteiger charge is -2.21. The summed E-state index contributed by atoms with van der Waals surface area (Å²) in [6.45, 7) is 6.11. The van der Waals surface area contributed by atoms with Crippen molar-refractivity contribution >= 4 is 38.2 Å². The molecule has 0 spiro atoms. The number of imidazole rings is 1. The second kappa shape index (κ2) is 19.2. The third-order valence-electron chi connectivity index (χ3n) is 13.9. The van der Waals surface area contributed by atoms with Crippen LogP contribution in [0.3, 0.4) is 0 Å². The van der Waals surface area contributed by atoms with Gasteiger partial charge < -0.3 is 0 Å². The highest BCUT2D eigenvalue weighted by atomic mass is 15.1. The molecule has 12 aromatic rings. The largest absolute Gasteiger partial charge is 0.292 e. The van der Waals surface area contributed by atoms with Gasteiger partial charge >= 0.3 is 0 Å². The molecule has 2 nitrogen and oxygen atoms in total. The highest BCUT2D eigenvalue weighted by Crippen LogP contribution is 2.47. The van der Waals surface area contributed by atoms with Crippen LogP contribution in [-0.2, 0) is 0 Å². The maximum Gasteiger partial charge on any atom is 0.145 e. The maximum atomic E-state index is 5.19. The molecule has 0 saturated carbocycles. The van der Waals surface area contributed by atoms with Crippen LogP contribution in [0.1, 0.15) is 12.5 Å². The minimum Gasteiger partial charge on any atom is -0.292 e. The Balaban J connectivity index is 1.12. The first kappa shape index (κ1) is 43.9. The van der Waals surface area contributed by atoms with Crippen LogP contribution in [0, 0.1) is 0 Å². The lowest BCUT2D eigenvalue weighted by atomic mass is 9.82. The number of hydrogen-bond acceptors (Lipinski definition) is 1. The molecule has 0 aliphatic rings. The number of rotatable bonds is 11. The van der Waals surface area contributed by atoms with Gasteiger partial charge in [0.25, 0.3) is 0 Å². The zero-order chi connectivity index (χ0) is 48.4. The van der Waals surface area contributed by atoms with Crippen LogP contribution in [-0.4, -0.2) is 9.55 Å². The summed E-state index contributed by atoms with van der Waals surface area (Å²) in [4.78, 5) is 5.19. The second-order valence-electron chi connectivity index (χ2n) is 18.4. The second-order valence-corrected chi connectivity index (χ2v) is 18.4. The van der Waals surface area contributed by atoms with Gasteiger partial charge in [-0.05, 0) is 173 Å². The summed E-state index contributed by atoms with van der Waals surface area (Å²) in [6.07, 6.45) is 8.05. The highest BCUT2D eigenvalue weighted by Gasteiger charge is 2.21. The van der Waals surface area contributed by atoms with E-state index in [0.29, 0.717) is 0 Å². The number of fused-ring (bicyclic) bond motifs is 3. The number of para-hydroxylation sites is 3. The van der Waals surface area contributed by atoms with Gasteiger partial charge in [0.2, 0.25) is 0 Å². The molecule has 12 rings (SSSR count). The molecule has 1 aromatic heterocycles. The first-order valence-corrected chi connectivity index (χ1v) is 24.6. The van der Waals surface area contributed by atoms with Gasteiger partial charge in [0, 0.05) is 11.3 Å². The Morgan fingerprint density at radius 3 is 1.43 bits per heavy atom. The molecular formula is C70H50N2. The fourth-order valence-electron chi connectivity index (χ4n) is 10.4. The van der Waals surface area contributed by atoms with E-state index in [1.807, 2.05) is 12.2 Å². The molecule has 0 amide bonds. The lowest BCUT2D eigenvalue weighted by Crippen LogP contribution is -1.97. The Labute approximate surface area is 421 Å². The standard InChI is InChI=1S/C70H50N2/c1-3-4-9-22-48(2)55-41-56(49-23-10-5-11-24-49)44-59(42-55)69-63-32-19-18-31-62(63)68(60-45-57(50-25-12-6-13-26-50)43-58(46-60)51-27-14-7-15-28-51)64-40-39-54(47-65(64)69)52-35-37-53(38-36-52)70-71-66-33-20-21-34-67(66)72(70)61-29-16-8-17-30-61/h3-47H,1H2,2H3/b9-4-,48-22+. The van der Waals surface area contributed by atoms with E-state index in [-0.39, 0.29) is 0 Å². The van der Waals surface area contributed by atoms with E-state index in [1.54, 1.807) is 0 Å². The van der Waals surface area contributed by atoms with E-state index in [9.17, 15) is 0 Å². The predicted molar refractivity (Wildman–Crippen MR) is 307 cm³/mol. The van der Waals surface area contributed by atoms with Crippen molar-refractivity contribution in [1.29, 1.82) is 0 Å². The molecule has 340 valence electrons. The normalized spacial score (nSPS) is 11.8. The average Bonchev–Trinajstić information content (AvgIpc) is 3.85. The maximum absolute atomic E-state index is 5.19. The van der Waals surface area contributed by atoms with Gasteiger partial charge in [-0.15, -0.1) is 0 Å². The van der Waals surface area contributed by atoms with Gasteiger partial charge in [0.05, 0.1) is 11.0 Å². The molecule has 11 aromatic carbocycles. The molecule has 72 heavy (non-hydrogen) atoms. The lowest BCUT2D eigenvalue weighted by molar-refractivity contribution is 1.10. The summed E-state index contributed by atoms with van der Waals surface area (Å²) in [7, 11) is 0. The summed E-state index contributed by atoms with van der Waals surface area (Å²) in [5.41, 5.74) is 20.6. The fraction of sp³-hybridized carbons (Fsp3) is 0.0143. The molecular weight excluding hydrogens is 869 g/mol. The Hall–Kier alpha value is -9.37. The minimum atomic E-state index is 0.914. The van der Waals surface area contributed by atoms with Crippen molar-refractivity contribution in [2.24, 2.45) is 0 Å². The fourth-order valence-corrected chi connectivity index (χ4v) is 10.4. The average molecular weight is 919 g/mol. The van der Waals surface area contributed by atoms with E-state index in [2.05, 4.69) is 279 Å². The quantitative estimate of drug-likeness (QED) is 0.0934. The van der Waals surface area contributed by atoms with Crippen LogP contribution < -0.4 is 0 Å². The SMILES string of the molecule is C=C/C=C\C=C(/C)c1cc(-c2ccccc2)cc(-c2c3ccccc3c(-c3cc(-c4ccccc4)cc(-c4ccccc4)c3)c3ccc(-c4ccc(-c5nc6ccccc6n5-c5ccccc5)cc4)cc23)c1. The van der Waals surface area contributed by atoms with Crippen LogP contribution in [0.2, 0.25) is 0 Å². The molecule has 2 heteroatoms. The summed E-state index contributed by atoms with van der Waals surface area (Å²) in [5, 5.41) is 4.78. The van der Waals surface area contributed by atoms with Crippen LogP contribution >= 0.6 is 0 Å². The van der Waals surface area contributed by atoms with E-state index in [1.165, 1.54) is 77.2 Å². The monoisotopic (exact) mass is 918 g/mol. The van der Waals surface area contributed by atoms with Crippen LogP contribution in [0.5, 0.6) is 0 Å². The van der Waals surface area contributed by atoms with Crippen LogP contribution in [0.25, 0.3) is 122 Å². The Morgan fingerprint density at radius 1 is 0.375 bits per heavy atom. The van der Waals surface area contributed by atoms with Crippen molar-refractivity contribution in [3.05, 3.63) is 285 Å². The highest BCUT2D eigenvalue weighted by molar-refractivity contribution is 6.22. The van der Waals surface area contributed by atoms with Crippen molar-refractivity contribution in [2.75, 3.05) is 0 Å². The molecule has 0 aliphatic heterocycles. The van der Waals surface area contributed by atoms with Crippen molar-refractivity contribution in [2.45, 2.75) is 6.92 Å². The Bertz CT molecular complexity index is 3950. The molecule has 0 saturated heterocycles. The van der Waals surface area contributed by atoms with Gasteiger partial charge in [-0.3, -0.25) is 4.57 Å². The van der Waals surface area contributed by atoms with E-state index >= 15 is 0 Å². The first-order valence-electron chi connectivity index (χ1n) is 24.6. The zero-order valence-electron chi connectivity index (χ0n) is 40.1. The zero-order valence-corrected chi connectivity index (χ0v) is 40.1. The van der Waals surface area contributed by atoms with E-state index in [0.717, 1.165) is 50.4 Å². The molecule has 0 atom stereocenters. The van der Waals surface area contributed by atoms with Crippen molar-refractivity contribution in [1.82, 2.24) is 9.55 Å². The van der Waals surface area contributed by atoms with Crippen molar-refractivity contribution in [3.8, 4) is 83.8 Å². The molecule has 0 N–H and O–H groups in total. The van der Waals surface area contributed by atoms with E-state index in [4.69, 9.17) is 4.98 Å². The third-order valence-corrected chi connectivity index (χ3v) is 13.9. The number of aromatic nitrogens is 2. The molecule has 0 fully saturated rings. The van der Waals surface area contributed by atoms with E-state index < -0.39 is 0 Å². The van der Waals surface area contributed by atoms with Gasteiger partial charge in [0.15, 0.2) is 0 Å². The summed E-state index contributed by atoms with van der Waals surface area (Å²) < 4.78 is 2.26. The molecule has 1 heterocycles. The molecule has 0 bridgehead atoms. The Morgan fingerprint density at radius 2 is 0.819 bits per heavy atom. The molecule has 0 aliphatic carbocycles. The summed E-state index contributed by atoms with van der Waals surface area (Å²) in [5.74, 6) is 0.914. The van der Waals surface area contributed by atoms with Gasteiger partial charge in [-0.2, -0.15) is 0 Å². The Kier molecular flexibility index (Phi) is 11.7. The van der Waals surface area contributed by atoms with Crippen molar-refractivity contribution < 1.29 is 0 Å². The number of allylic oxidation sites excluding steroid dienone is 5. The summed E-state index contributed by atoms with van der Waals surface area (Å²) >= 11 is 0. The van der Waals surface area contributed by atoms with Gasteiger partial charge in [-0.1, -0.05) is 213 Å². The number of hydrogen-bond donors (Lipinski definition) is 0. The third kappa shape index (κ3) is 8.36. The first-order chi connectivity index (χ1) is 35.6. The van der Waals surface area contributed by atoms with Crippen LogP contribution in [0.4, 0.5) is 0 Å². The number of benzene rings is 11.